The van der Waals surface area contributed by atoms with E-state index in [0.29, 0.717) is 18.8 Å². The van der Waals surface area contributed by atoms with Crippen LogP contribution in [-0.2, 0) is 4.74 Å². The summed E-state index contributed by atoms with van der Waals surface area (Å²) >= 11 is 1.48. The zero-order valence-corrected chi connectivity index (χ0v) is 11.1. The average molecular weight is 279 g/mol. The van der Waals surface area contributed by atoms with Crippen LogP contribution in [-0.4, -0.2) is 36.1 Å². The number of carbonyl (C=O) groups is 1. The third kappa shape index (κ3) is 3.49. The predicted octanol–water partition coefficient (Wildman–Crippen LogP) is 0.875. The van der Waals surface area contributed by atoms with Crippen LogP contribution in [0.3, 0.4) is 0 Å². The van der Waals surface area contributed by atoms with Gasteiger partial charge in [-0.15, -0.1) is 11.3 Å². The Morgan fingerprint density at radius 2 is 2.42 bits per heavy atom. The molecule has 0 bridgehead atoms. The van der Waals surface area contributed by atoms with E-state index in [9.17, 15) is 9.59 Å². The molecule has 1 amide bonds. The largest absolute Gasteiger partial charge is 0.383 e. The molecule has 2 rings (SSSR count). The molecule has 2 aromatic rings. The minimum atomic E-state index is -0.539. The van der Waals surface area contributed by atoms with Crippen LogP contribution in [0.4, 0.5) is 0 Å². The van der Waals surface area contributed by atoms with Crippen molar-refractivity contribution in [3.63, 3.8) is 0 Å². The summed E-state index contributed by atoms with van der Waals surface area (Å²) in [7, 11) is 1.55. The number of rotatable bonds is 5. The summed E-state index contributed by atoms with van der Waals surface area (Å²) in [6.07, 6.45) is 0. The molecule has 0 aliphatic rings. The summed E-state index contributed by atoms with van der Waals surface area (Å²) in [6.45, 7) is 0.783. The van der Waals surface area contributed by atoms with E-state index in [1.54, 1.807) is 13.2 Å². The molecule has 0 fully saturated rings. The molecule has 0 atom stereocenters. The van der Waals surface area contributed by atoms with Gasteiger partial charge in [-0.25, -0.2) is 4.79 Å². The lowest BCUT2D eigenvalue weighted by Crippen LogP contribution is -2.29. The van der Waals surface area contributed by atoms with Crippen molar-refractivity contribution in [2.75, 3.05) is 20.3 Å². The van der Waals surface area contributed by atoms with Crippen molar-refractivity contribution in [2.24, 2.45) is 0 Å². The Labute approximate surface area is 113 Å². The topological polar surface area (TPSA) is 84.1 Å². The lowest BCUT2D eigenvalue weighted by Gasteiger charge is -2.04. The number of carbonyl (C=O) groups excluding carboxylic acids is 1. The molecular formula is C12H13N3O3S. The molecule has 19 heavy (non-hydrogen) atoms. The van der Waals surface area contributed by atoms with Crippen molar-refractivity contribution < 1.29 is 9.53 Å². The first kappa shape index (κ1) is 13.4. The van der Waals surface area contributed by atoms with Gasteiger partial charge in [0.05, 0.1) is 17.2 Å². The Balaban J connectivity index is 2.22. The summed E-state index contributed by atoms with van der Waals surface area (Å²) in [5.41, 5.74) is 0.151. The Kier molecular flexibility index (Phi) is 4.43. The SMILES string of the molecule is COCCNC(=O)c1cc(-c2cccs2)[nH]c(=O)n1. The fourth-order valence-electron chi connectivity index (χ4n) is 1.50. The van der Waals surface area contributed by atoms with Crippen molar-refractivity contribution in [2.45, 2.75) is 0 Å². The van der Waals surface area contributed by atoms with E-state index in [1.165, 1.54) is 11.3 Å². The van der Waals surface area contributed by atoms with Crippen LogP contribution in [0.25, 0.3) is 10.6 Å². The van der Waals surface area contributed by atoms with Crippen LogP contribution in [0.5, 0.6) is 0 Å². The van der Waals surface area contributed by atoms with Gasteiger partial charge < -0.3 is 15.0 Å². The molecule has 0 spiro atoms. The molecule has 0 saturated carbocycles. The Morgan fingerprint density at radius 1 is 1.58 bits per heavy atom. The lowest BCUT2D eigenvalue weighted by molar-refractivity contribution is 0.0931. The van der Waals surface area contributed by atoms with E-state index in [0.717, 1.165) is 4.88 Å². The molecule has 0 unspecified atom stereocenters. The maximum absolute atomic E-state index is 11.8. The van der Waals surface area contributed by atoms with E-state index in [1.807, 2.05) is 17.5 Å². The maximum Gasteiger partial charge on any atom is 0.346 e. The van der Waals surface area contributed by atoms with Gasteiger partial charge in [-0.2, -0.15) is 4.98 Å². The molecule has 6 nitrogen and oxygen atoms in total. The average Bonchev–Trinajstić information content (AvgIpc) is 2.92. The number of hydrogen-bond acceptors (Lipinski definition) is 5. The minimum absolute atomic E-state index is 0.100. The van der Waals surface area contributed by atoms with Gasteiger partial charge in [0.15, 0.2) is 0 Å². The first-order chi connectivity index (χ1) is 9.20. The Bertz CT molecular complexity index is 607. The molecule has 0 saturated heterocycles. The van der Waals surface area contributed by atoms with E-state index in [2.05, 4.69) is 15.3 Å². The van der Waals surface area contributed by atoms with Crippen LogP contribution in [0, 0.1) is 0 Å². The second-order valence-electron chi connectivity index (χ2n) is 3.71. The summed E-state index contributed by atoms with van der Waals surface area (Å²) in [6, 6.07) is 5.30. The van der Waals surface area contributed by atoms with Crippen LogP contribution >= 0.6 is 11.3 Å². The smallest absolute Gasteiger partial charge is 0.346 e. The highest BCUT2D eigenvalue weighted by Crippen LogP contribution is 2.21. The van der Waals surface area contributed by atoms with Gasteiger partial charge in [-0.05, 0) is 17.5 Å². The van der Waals surface area contributed by atoms with E-state index >= 15 is 0 Å². The fraction of sp³-hybridized carbons (Fsp3) is 0.250. The summed E-state index contributed by atoms with van der Waals surface area (Å²) in [5, 5.41) is 4.52. The number of nitrogens with zero attached hydrogens (tertiary/aromatic N) is 1. The quantitative estimate of drug-likeness (QED) is 0.796. The fourth-order valence-corrected chi connectivity index (χ4v) is 2.19. The van der Waals surface area contributed by atoms with Gasteiger partial charge in [0, 0.05) is 13.7 Å². The van der Waals surface area contributed by atoms with Crippen LogP contribution in [0.15, 0.2) is 28.4 Å². The first-order valence-corrected chi connectivity index (χ1v) is 6.51. The van der Waals surface area contributed by atoms with Gasteiger partial charge in [0.1, 0.15) is 5.69 Å². The standard InChI is InChI=1S/C12H13N3O3S/c1-18-5-4-13-11(16)9-7-8(14-12(17)15-9)10-3-2-6-19-10/h2-3,6-7H,4-5H2,1H3,(H,13,16)(H,14,15,17). The van der Waals surface area contributed by atoms with Crippen molar-refractivity contribution >= 4 is 17.2 Å². The number of H-pyrrole nitrogens is 1. The van der Waals surface area contributed by atoms with Crippen molar-refractivity contribution in [1.82, 2.24) is 15.3 Å². The Morgan fingerprint density at radius 3 is 3.11 bits per heavy atom. The summed E-state index contributed by atoms with van der Waals surface area (Å²) in [5.74, 6) is -0.388. The summed E-state index contributed by atoms with van der Waals surface area (Å²) < 4.78 is 4.83. The molecule has 0 aliphatic carbocycles. The third-order valence-corrected chi connectivity index (χ3v) is 3.26. The molecule has 0 aliphatic heterocycles. The molecule has 2 aromatic heterocycles. The van der Waals surface area contributed by atoms with Gasteiger partial charge >= 0.3 is 5.69 Å². The van der Waals surface area contributed by atoms with Crippen molar-refractivity contribution in [1.29, 1.82) is 0 Å². The zero-order chi connectivity index (χ0) is 13.7. The maximum atomic E-state index is 11.8. The number of ether oxygens (including phenoxy) is 1. The molecule has 2 N–H and O–H groups in total. The van der Waals surface area contributed by atoms with Gasteiger partial charge in [0.2, 0.25) is 0 Å². The van der Waals surface area contributed by atoms with Crippen LogP contribution in [0.2, 0.25) is 0 Å². The number of aromatic nitrogens is 2. The molecule has 7 heteroatoms. The zero-order valence-electron chi connectivity index (χ0n) is 10.3. The normalized spacial score (nSPS) is 10.4. The molecule has 100 valence electrons. The minimum Gasteiger partial charge on any atom is -0.383 e. The first-order valence-electron chi connectivity index (χ1n) is 5.63. The van der Waals surface area contributed by atoms with E-state index in [-0.39, 0.29) is 11.6 Å². The van der Waals surface area contributed by atoms with Gasteiger partial charge in [0.25, 0.3) is 5.91 Å². The second-order valence-corrected chi connectivity index (χ2v) is 4.66. The lowest BCUT2D eigenvalue weighted by atomic mass is 10.2. The third-order valence-electron chi connectivity index (χ3n) is 2.36. The monoisotopic (exact) mass is 279 g/mol. The molecule has 0 aromatic carbocycles. The highest BCUT2D eigenvalue weighted by atomic mass is 32.1. The van der Waals surface area contributed by atoms with E-state index in [4.69, 9.17) is 4.74 Å². The predicted molar refractivity (Wildman–Crippen MR) is 72.4 cm³/mol. The Hall–Kier alpha value is -1.99. The van der Waals surface area contributed by atoms with Crippen molar-refractivity contribution in [3.8, 4) is 10.6 Å². The van der Waals surface area contributed by atoms with E-state index < -0.39 is 5.69 Å². The highest BCUT2D eigenvalue weighted by molar-refractivity contribution is 7.13. The number of hydrogen-bond donors (Lipinski definition) is 2. The number of aromatic amines is 1. The van der Waals surface area contributed by atoms with Crippen LogP contribution < -0.4 is 11.0 Å². The van der Waals surface area contributed by atoms with Gasteiger partial charge in [-0.1, -0.05) is 6.07 Å². The number of amides is 1. The van der Waals surface area contributed by atoms with Gasteiger partial charge in [-0.3, -0.25) is 4.79 Å². The summed E-state index contributed by atoms with van der Waals surface area (Å²) in [4.78, 5) is 30.4. The van der Waals surface area contributed by atoms with Crippen LogP contribution in [0.1, 0.15) is 10.5 Å². The van der Waals surface area contributed by atoms with Crippen molar-refractivity contribution in [3.05, 3.63) is 39.8 Å². The number of nitrogens with one attached hydrogen (secondary N) is 2. The number of thiophene rings is 1. The number of methoxy groups -OCH3 is 1. The molecule has 0 radical (unpaired) electrons. The molecular weight excluding hydrogens is 266 g/mol. The highest BCUT2D eigenvalue weighted by Gasteiger charge is 2.10. The molecule has 2 heterocycles. The second kappa shape index (κ2) is 6.26.